The van der Waals surface area contributed by atoms with Gasteiger partial charge in [0.05, 0.1) is 23.2 Å². The highest BCUT2D eigenvalue weighted by Crippen LogP contribution is 2.26. The Morgan fingerprint density at radius 1 is 1.17 bits per heavy atom. The smallest absolute Gasteiger partial charge is 0.240 e. The maximum atomic E-state index is 12.4. The molecule has 0 aliphatic rings. The van der Waals surface area contributed by atoms with Crippen LogP contribution in [0.5, 0.6) is 0 Å². The molecule has 1 aromatic carbocycles. The van der Waals surface area contributed by atoms with Crippen molar-refractivity contribution in [2.24, 2.45) is 0 Å². The van der Waals surface area contributed by atoms with Crippen LogP contribution in [-0.4, -0.2) is 45.4 Å². The Bertz CT molecular complexity index is 932. The van der Waals surface area contributed by atoms with Crippen LogP contribution < -0.4 is 4.72 Å². The third kappa shape index (κ3) is 3.06. The molecule has 2 heterocycles. The molecule has 0 atom stereocenters. The van der Waals surface area contributed by atoms with E-state index in [0.29, 0.717) is 0 Å². The Balaban J connectivity index is 1.97. The summed E-state index contributed by atoms with van der Waals surface area (Å²) >= 11 is 0. The summed E-state index contributed by atoms with van der Waals surface area (Å²) in [6.45, 7) is 0.0329. The number of nitrogens with one attached hydrogen (secondary N) is 2. The van der Waals surface area contributed by atoms with Crippen LogP contribution >= 0.6 is 0 Å². The number of nitrogens with zero attached hydrogens (tertiary/aromatic N) is 1. The highest BCUT2D eigenvalue weighted by atomic mass is 32.2. The van der Waals surface area contributed by atoms with E-state index in [1.54, 1.807) is 30.6 Å². The molecule has 0 fully saturated rings. The van der Waals surface area contributed by atoms with Crippen molar-refractivity contribution in [2.45, 2.75) is 11.2 Å². The molecule has 122 valence electrons. The molecule has 3 rings (SSSR count). The SMILES string of the molecule is COC(CNS(=O)(=O)c1ccc2[nH]c3cnccc3c2c1)OC. The van der Waals surface area contributed by atoms with E-state index in [9.17, 15) is 8.42 Å². The van der Waals surface area contributed by atoms with Crippen molar-refractivity contribution in [3.05, 3.63) is 36.7 Å². The van der Waals surface area contributed by atoms with Crippen LogP contribution in [0.4, 0.5) is 0 Å². The molecule has 0 radical (unpaired) electrons. The Hall–Kier alpha value is -2.00. The van der Waals surface area contributed by atoms with Crippen molar-refractivity contribution in [1.82, 2.24) is 14.7 Å². The molecule has 0 bridgehead atoms. The van der Waals surface area contributed by atoms with Gasteiger partial charge in [-0.15, -0.1) is 0 Å². The third-order valence-corrected chi connectivity index (χ3v) is 5.07. The molecule has 7 nitrogen and oxygen atoms in total. The number of rotatable bonds is 6. The molecule has 0 unspecified atom stereocenters. The average Bonchev–Trinajstić information content (AvgIpc) is 2.93. The van der Waals surface area contributed by atoms with E-state index in [4.69, 9.17) is 9.47 Å². The van der Waals surface area contributed by atoms with E-state index in [-0.39, 0.29) is 11.4 Å². The first-order chi connectivity index (χ1) is 11.0. The van der Waals surface area contributed by atoms with E-state index >= 15 is 0 Å². The van der Waals surface area contributed by atoms with Crippen LogP contribution in [-0.2, 0) is 19.5 Å². The second kappa shape index (κ2) is 6.25. The Morgan fingerprint density at radius 3 is 2.70 bits per heavy atom. The van der Waals surface area contributed by atoms with Gasteiger partial charge in [-0.1, -0.05) is 0 Å². The quantitative estimate of drug-likeness (QED) is 0.668. The largest absolute Gasteiger partial charge is 0.355 e. The maximum Gasteiger partial charge on any atom is 0.240 e. The van der Waals surface area contributed by atoms with Crippen LogP contribution in [0, 0.1) is 0 Å². The van der Waals surface area contributed by atoms with Gasteiger partial charge in [-0.05, 0) is 24.3 Å². The van der Waals surface area contributed by atoms with Gasteiger partial charge in [-0.3, -0.25) is 4.98 Å². The molecular formula is C15H17N3O4S. The lowest BCUT2D eigenvalue weighted by Crippen LogP contribution is -2.34. The lowest BCUT2D eigenvalue weighted by atomic mass is 10.2. The van der Waals surface area contributed by atoms with Gasteiger partial charge in [0, 0.05) is 36.7 Å². The molecule has 0 saturated carbocycles. The number of ether oxygens (including phenoxy) is 2. The number of benzene rings is 1. The van der Waals surface area contributed by atoms with Crippen molar-refractivity contribution in [1.29, 1.82) is 0 Å². The van der Waals surface area contributed by atoms with Crippen molar-refractivity contribution in [3.8, 4) is 0 Å². The van der Waals surface area contributed by atoms with Gasteiger partial charge in [0.1, 0.15) is 0 Å². The lowest BCUT2D eigenvalue weighted by Gasteiger charge is -2.14. The zero-order valence-corrected chi connectivity index (χ0v) is 13.6. The highest BCUT2D eigenvalue weighted by molar-refractivity contribution is 7.89. The predicted octanol–water partition coefficient (Wildman–Crippen LogP) is 1.61. The molecule has 23 heavy (non-hydrogen) atoms. The van der Waals surface area contributed by atoms with Crippen molar-refractivity contribution in [2.75, 3.05) is 20.8 Å². The van der Waals surface area contributed by atoms with Crippen LogP contribution in [0.2, 0.25) is 0 Å². The number of aromatic nitrogens is 2. The van der Waals surface area contributed by atoms with Gasteiger partial charge in [0.15, 0.2) is 6.29 Å². The molecule has 3 aromatic rings. The molecule has 0 amide bonds. The normalized spacial score (nSPS) is 12.5. The summed E-state index contributed by atoms with van der Waals surface area (Å²) in [4.78, 5) is 7.45. The minimum atomic E-state index is -3.65. The van der Waals surface area contributed by atoms with E-state index in [0.717, 1.165) is 21.8 Å². The summed E-state index contributed by atoms with van der Waals surface area (Å²) in [6.07, 6.45) is 2.76. The minimum absolute atomic E-state index is 0.0329. The number of aromatic amines is 1. The van der Waals surface area contributed by atoms with Gasteiger partial charge >= 0.3 is 0 Å². The Labute approximate surface area is 133 Å². The maximum absolute atomic E-state index is 12.4. The first-order valence-electron chi connectivity index (χ1n) is 6.96. The highest BCUT2D eigenvalue weighted by Gasteiger charge is 2.18. The monoisotopic (exact) mass is 335 g/mol. The fourth-order valence-electron chi connectivity index (χ4n) is 2.42. The molecule has 0 aliphatic heterocycles. The minimum Gasteiger partial charge on any atom is -0.355 e. The third-order valence-electron chi connectivity index (χ3n) is 3.65. The van der Waals surface area contributed by atoms with Crippen molar-refractivity contribution in [3.63, 3.8) is 0 Å². The van der Waals surface area contributed by atoms with Gasteiger partial charge in [-0.25, -0.2) is 13.1 Å². The molecule has 0 aliphatic carbocycles. The number of sulfonamides is 1. The molecular weight excluding hydrogens is 318 g/mol. The number of hydrogen-bond acceptors (Lipinski definition) is 5. The van der Waals surface area contributed by atoms with Gasteiger partial charge < -0.3 is 14.5 Å². The van der Waals surface area contributed by atoms with E-state index < -0.39 is 16.3 Å². The molecule has 2 aromatic heterocycles. The van der Waals surface area contributed by atoms with E-state index in [1.807, 2.05) is 6.07 Å². The van der Waals surface area contributed by atoms with Gasteiger partial charge in [0.25, 0.3) is 0 Å². The summed E-state index contributed by atoms with van der Waals surface area (Å²) in [5, 5.41) is 1.76. The fraction of sp³-hybridized carbons (Fsp3) is 0.267. The first kappa shape index (κ1) is 15.9. The van der Waals surface area contributed by atoms with E-state index in [2.05, 4.69) is 14.7 Å². The number of pyridine rings is 1. The summed E-state index contributed by atoms with van der Waals surface area (Å²) in [7, 11) is -0.747. The van der Waals surface area contributed by atoms with Crippen LogP contribution in [0.15, 0.2) is 41.6 Å². The second-order valence-corrected chi connectivity index (χ2v) is 6.77. The first-order valence-corrected chi connectivity index (χ1v) is 8.44. The van der Waals surface area contributed by atoms with Gasteiger partial charge in [0.2, 0.25) is 10.0 Å². The Morgan fingerprint density at radius 2 is 1.96 bits per heavy atom. The summed E-state index contributed by atoms with van der Waals surface area (Å²) < 4.78 is 37.3. The summed E-state index contributed by atoms with van der Waals surface area (Å²) in [5.41, 5.74) is 1.72. The van der Waals surface area contributed by atoms with Crippen molar-refractivity contribution >= 4 is 31.8 Å². The summed E-state index contributed by atoms with van der Waals surface area (Å²) in [5.74, 6) is 0. The van der Waals surface area contributed by atoms with Crippen molar-refractivity contribution < 1.29 is 17.9 Å². The molecule has 2 N–H and O–H groups in total. The summed E-state index contributed by atoms with van der Waals surface area (Å²) in [6, 6.07) is 6.80. The average molecular weight is 335 g/mol. The van der Waals surface area contributed by atoms with E-state index in [1.165, 1.54) is 14.2 Å². The van der Waals surface area contributed by atoms with Crippen LogP contribution in [0.3, 0.4) is 0 Å². The number of methoxy groups -OCH3 is 2. The predicted molar refractivity (Wildman–Crippen MR) is 86.6 cm³/mol. The molecule has 8 heteroatoms. The number of hydrogen-bond donors (Lipinski definition) is 2. The zero-order chi connectivity index (χ0) is 16.4. The Kier molecular flexibility index (Phi) is 4.31. The number of fused-ring (bicyclic) bond motifs is 3. The number of H-pyrrole nitrogens is 1. The molecule has 0 saturated heterocycles. The van der Waals surface area contributed by atoms with Gasteiger partial charge in [-0.2, -0.15) is 0 Å². The fourth-order valence-corrected chi connectivity index (χ4v) is 3.46. The standard InChI is InChI=1S/C15H17N3O4S/c1-21-15(22-2)9-17-23(19,20)10-3-4-13-12(7-10)11-5-6-16-8-14(11)18-13/h3-8,15,17-18H,9H2,1-2H3. The van der Waals surface area contributed by atoms with Crippen LogP contribution in [0.1, 0.15) is 0 Å². The topological polar surface area (TPSA) is 93.3 Å². The molecule has 0 spiro atoms. The van der Waals surface area contributed by atoms with Crippen LogP contribution in [0.25, 0.3) is 21.8 Å². The lowest BCUT2D eigenvalue weighted by molar-refractivity contribution is -0.0960. The zero-order valence-electron chi connectivity index (χ0n) is 12.7. The second-order valence-electron chi connectivity index (χ2n) is 5.01.